The summed E-state index contributed by atoms with van der Waals surface area (Å²) in [5, 5.41) is 55.1. The highest BCUT2D eigenvalue weighted by Crippen LogP contribution is 2.58. The second-order valence-electron chi connectivity index (χ2n) is 18.3. The number of nitrogens with one attached hydrogen (secondary N) is 1. The molecule has 0 spiro atoms. The van der Waals surface area contributed by atoms with E-state index in [2.05, 4.69) is 19.2 Å². The van der Waals surface area contributed by atoms with E-state index < -0.39 is 115 Å². The largest absolute Gasteiger partial charge is 0.460 e. The van der Waals surface area contributed by atoms with E-state index in [1.54, 1.807) is 32.9 Å². The first kappa shape index (κ1) is 48.4. The number of ether oxygens (including phenoxy) is 6. The maximum absolute atomic E-state index is 15.0. The van der Waals surface area contributed by atoms with Gasteiger partial charge in [0, 0.05) is 25.7 Å². The van der Waals surface area contributed by atoms with Crippen LogP contribution in [0.25, 0.3) is 6.08 Å². The summed E-state index contributed by atoms with van der Waals surface area (Å²) in [6.07, 6.45) is 0.266. The number of carbonyl (C=O) groups excluding carboxylic acids is 3. The average molecular weight is 877 g/mol. The number of amides is 1. The summed E-state index contributed by atoms with van der Waals surface area (Å²) in [7, 11) is 0. The molecule has 1 amide bonds. The lowest BCUT2D eigenvalue weighted by atomic mass is 9.62. The van der Waals surface area contributed by atoms with Gasteiger partial charge in [-0.1, -0.05) is 75.9 Å². The number of unbranched alkanes of at least 4 members (excludes halogenated alkanes) is 4. The van der Waals surface area contributed by atoms with Gasteiger partial charge in [-0.2, -0.15) is 5.06 Å². The number of aliphatic hydroxyl groups is 5. The van der Waals surface area contributed by atoms with Crippen LogP contribution in [0, 0.1) is 5.41 Å². The van der Waals surface area contributed by atoms with Crippen molar-refractivity contribution >= 4 is 23.9 Å². The molecule has 17 heteroatoms. The number of hydrogen-bond donors (Lipinski definition) is 6. The lowest BCUT2D eigenvalue weighted by Crippen LogP contribution is -2.70. The molecule has 1 saturated carbocycles. The predicted molar refractivity (Wildman–Crippen MR) is 221 cm³/mol. The Morgan fingerprint density at radius 1 is 0.984 bits per heavy atom. The molecule has 0 aromatic heterocycles. The number of carbonyl (C=O) groups is 3. The Labute approximate surface area is 363 Å². The van der Waals surface area contributed by atoms with E-state index in [0.717, 1.165) is 49.7 Å². The predicted octanol–water partition coefficient (Wildman–Crippen LogP) is 2.56. The third-order valence-electron chi connectivity index (χ3n) is 12.6. The molecular weight excluding hydrogens is 808 g/mol. The molecule has 348 valence electrons. The van der Waals surface area contributed by atoms with Crippen LogP contribution in [0.15, 0.2) is 30.3 Å². The maximum Gasteiger partial charge on any atom is 0.327 e. The molecule has 0 unspecified atom stereocenters. The molecule has 1 aromatic carbocycles. The van der Waals surface area contributed by atoms with E-state index in [0.29, 0.717) is 12.8 Å². The molecule has 6 rings (SSSR count). The zero-order valence-corrected chi connectivity index (χ0v) is 36.7. The fraction of sp³-hybridized carbons (Fsp3) is 0.756. The van der Waals surface area contributed by atoms with Crippen molar-refractivity contribution < 1.29 is 73.2 Å². The Kier molecular flexibility index (Phi) is 16.3. The van der Waals surface area contributed by atoms with Crippen LogP contribution in [0.4, 0.5) is 0 Å². The van der Waals surface area contributed by atoms with Crippen LogP contribution in [0.3, 0.4) is 0 Å². The van der Waals surface area contributed by atoms with Gasteiger partial charge in [-0.15, -0.1) is 0 Å². The molecular formula is C45H68N2O15. The molecule has 62 heavy (non-hydrogen) atoms. The summed E-state index contributed by atoms with van der Waals surface area (Å²) in [5.74, 6) is -2.59. The Morgan fingerprint density at radius 2 is 1.68 bits per heavy atom. The van der Waals surface area contributed by atoms with Gasteiger partial charge < -0.3 is 59.3 Å². The van der Waals surface area contributed by atoms with Gasteiger partial charge in [0.25, 0.3) is 0 Å². The summed E-state index contributed by atoms with van der Waals surface area (Å²) in [6, 6.07) is 5.33. The number of hydrogen-bond acceptors (Lipinski definition) is 16. The van der Waals surface area contributed by atoms with Crippen molar-refractivity contribution in [3.63, 3.8) is 0 Å². The van der Waals surface area contributed by atoms with Crippen LogP contribution in [0.5, 0.6) is 0 Å². The van der Waals surface area contributed by atoms with E-state index in [-0.39, 0.29) is 32.4 Å². The summed E-state index contributed by atoms with van der Waals surface area (Å²) < 4.78 is 36.6. The Balaban J connectivity index is 1.27. The molecule has 2 bridgehead atoms. The van der Waals surface area contributed by atoms with E-state index in [4.69, 9.17) is 33.3 Å². The second-order valence-corrected chi connectivity index (χ2v) is 18.3. The number of nitrogens with zero attached hydrogens (tertiary/aromatic N) is 1. The minimum absolute atomic E-state index is 0.0442. The van der Waals surface area contributed by atoms with E-state index in [9.17, 15) is 39.9 Å². The average Bonchev–Trinajstić information content (AvgIpc) is 3.79. The molecule has 1 aromatic rings. The van der Waals surface area contributed by atoms with Crippen LogP contribution in [0.2, 0.25) is 0 Å². The van der Waals surface area contributed by atoms with Gasteiger partial charge in [0.05, 0.1) is 32.4 Å². The Hall–Kier alpha value is -3.07. The van der Waals surface area contributed by atoms with Gasteiger partial charge in [-0.05, 0) is 51.2 Å². The van der Waals surface area contributed by atoms with Crippen LogP contribution >= 0.6 is 0 Å². The standard InChI is InChI=1S/C45H68N2O15/c1-6-8-12-20-44(21-13-9-7-2)60-36-30-23-45(42(55)46-29(25-48)18-19-32(50)59-43(3,4)5)38(40(54)57-30)47(62-39(45)37(36)61-44)24-28-16-11-10-15-27(28)17-14-22-56-41-35(53)34(52)33(51)31(26-49)58-41/h10-11,14-17,29-31,33-39,41,48-49,51-53H,6-9,12-13,18-26H2,1-5H3,(H,46,55)/t29-,30+,31+,33-,34-,35+,36-,37-,38+,39+,41-,45+/m0/s1. The molecule has 4 aliphatic heterocycles. The highest BCUT2D eigenvalue weighted by molar-refractivity contribution is 5.94. The van der Waals surface area contributed by atoms with Gasteiger partial charge in [-0.25, -0.2) is 0 Å². The lowest BCUT2D eigenvalue weighted by Gasteiger charge is -2.49. The van der Waals surface area contributed by atoms with Crippen molar-refractivity contribution in [3.05, 3.63) is 41.5 Å². The molecule has 4 heterocycles. The van der Waals surface area contributed by atoms with Crippen LogP contribution in [-0.4, -0.2) is 147 Å². The zero-order chi connectivity index (χ0) is 44.8. The minimum atomic E-state index is -1.58. The first-order valence-electron chi connectivity index (χ1n) is 22.4. The fourth-order valence-corrected chi connectivity index (χ4v) is 9.45. The SMILES string of the molecule is CCCCCC1(CCCCC)O[C@@H]2[C@H](O1)[C@H]1ON(Cc3ccccc3C=CCO[C@H]3O[C@H](CO)[C@H](O)[C@H](O)[C@H]3O)[C@@H]3C(=O)O[C@@H]2C[C@]13C(=O)N[C@H](CO)CCC(=O)OC(C)(C)C. The number of aliphatic hydroxyl groups excluding tert-OH is 5. The monoisotopic (exact) mass is 876 g/mol. The second kappa shape index (κ2) is 20.8. The van der Waals surface area contributed by atoms with E-state index in [1.165, 1.54) is 5.06 Å². The third kappa shape index (κ3) is 10.5. The zero-order valence-electron chi connectivity index (χ0n) is 36.7. The number of hydroxylamine groups is 2. The van der Waals surface area contributed by atoms with Gasteiger partial charge in [0.2, 0.25) is 5.91 Å². The van der Waals surface area contributed by atoms with Crippen LogP contribution in [-0.2, 0) is 54.2 Å². The molecule has 4 saturated heterocycles. The van der Waals surface area contributed by atoms with Gasteiger partial charge in [-0.3, -0.25) is 19.2 Å². The van der Waals surface area contributed by atoms with Crippen molar-refractivity contribution in [3.8, 4) is 0 Å². The van der Waals surface area contributed by atoms with Gasteiger partial charge in [0.15, 0.2) is 18.1 Å². The highest BCUT2D eigenvalue weighted by Gasteiger charge is 2.76. The number of rotatable bonds is 21. The van der Waals surface area contributed by atoms with Crippen molar-refractivity contribution in [2.75, 3.05) is 19.8 Å². The van der Waals surface area contributed by atoms with Crippen molar-refractivity contribution in [1.82, 2.24) is 10.4 Å². The Bertz CT molecular complexity index is 1690. The van der Waals surface area contributed by atoms with E-state index >= 15 is 0 Å². The maximum atomic E-state index is 15.0. The summed E-state index contributed by atoms with van der Waals surface area (Å²) in [6.45, 7) is 8.49. The van der Waals surface area contributed by atoms with Crippen LogP contribution < -0.4 is 5.32 Å². The van der Waals surface area contributed by atoms with Crippen LogP contribution in [0.1, 0.15) is 116 Å². The third-order valence-corrected chi connectivity index (χ3v) is 12.6. The molecule has 12 atom stereocenters. The first-order chi connectivity index (χ1) is 29.6. The highest BCUT2D eigenvalue weighted by atomic mass is 16.8. The molecule has 1 aliphatic carbocycles. The number of esters is 2. The smallest absolute Gasteiger partial charge is 0.327 e. The van der Waals surface area contributed by atoms with Crippen molar-refractivity contribution in [1.29, 1.82) is 0 Å². The molecule has 5 fully saturated rings. The van der Waals surface area contributed by atoms with Crippen molar-refractivity contribution in [2.45, 2.75) is 190 Å². The summed E-state index contributed by atoms with van der Waals surface area (Å²) >= 11 is 0. The first-order valence-corrected chi connectivity index (χ1v) is 22.4. The number of fused-ring (bicyclic) bond motifs is 4. The van der Waals surface area contributed by atoms with Gasteiger partial charge >= 0.3 is 11.9 Å². The topological polar surface area (TPSA) is 232 Å². The molecule has 5 aliphatic rings. The Morgan fingerprint density at radius 3 is 2.34 bits per heavy atom. The van der Waals surface area contributed by atoms with E-state index in [1.807, 2.05) is 24.3 Å². The lowest BCUT2D eigenvalue weighted by molar-refractivity contribution is -0.298. The molecule has 0 radical (unpaired) electrons. The molecule has 6 N–H and O–H groups in total. The molecule has 17 nitrogen and oxygen atoms in total. The fourth-order valence-electron chi connectivity index (χ4n) is 9.45. The van der Waals surface area contributed by atoms with Gasteiger partial charge in [0.1, 0.15) is 59.8 Å². The summed E-state index contributed by atoms with van der Waals surface area (Å²) in [4.78, 5) is 48.8. The normalized spacial score (nSPS) is 33.3. The number of benzene rings is 1. The quantitative estimate of drug-likeness (QED) is 0.0770. The minimum Gasteiger partial charge on any atom is -0.460 e. The summed E-state index contributed by atoms with van der Waals surface area (Å²) in [5.41, 5.74) is -0.779. The van der Waals surface area contributed by atoms with Crippen molar-refractivity contribution in [2.24, 2.45) is 5.41 Å².